The smallest absolute Gasteiger partial charge is 0.328 e. The van der Waals surface area contributed by atoms with Gasteiger partial charge in [-0.3, -0.25) is 0 Å². The van der Waals surface area contributed by atoms with Crippen LogP contribution in [0.5, 0.6) is 0 Å². The zero-order chi connectivity index (χ0) is 11.5. The van der Waals surface area contributed by atoms with E-state index in [0.717, 1.165) is 18.4 Å². The molecule has 2 rings (SSSR count). The number of carbonyl (C=O) groups excluding carboxylic acids is 1. The Labute approximate surface area is 93.6 Å². The SMILES string of the molecule is COC(=O)C1CCCc2ccc(F)cc2N1. The van der Waals surface area contributed by atoms with E-state index in [-0.39, 0.29) is 17.8 Å². The Hall–Kier alpha value is -1.58. The van der Waals surface area contributed by atoms with Gasteiger partial charge in [0.15, 0.2) is 0 Å². The van der Waals surface area contributed by atoms with Gasteiger partial charge in [-0.05, 0) is 37.0 Å². The van der Waals surface area contributed by atoms with E-state index >= 15 is 0 Å². The summed E-state index contributed by atoms with van der Waals surface area (Å²) in [5, 5.41) is 3.04. The molecule has 1 aromatic rings. The van der Waals surface area contributed by atoms with E-state index in [4.69, 9.17) is 4.74 Å². The molecule has 1 aliphatic rings. The number of aryl methyl sites for hydroxylation is 1. The average molecular weight is 223 g/mol. The summed E-state index contributed by atoms with van der Waals surface area (Å²) in [6, 6.07) is 4.26. The van der Waals surface area contributed by atoms with Gasteiger partial charge in [-0.15, -0.1) is 0 Å². The van der Waals surface area contributed by atoms with Crippen molar-refractivity contribution < 1.29 is 13.9 Å². The molecule has 16 heavy (non-hydrogen) atoms. The van der Waals surface area contributed by atoms with Crippen molar-refractivity contribution in [1.29, 1.82) is 0 Å². The Morgan fingerprint density at radius 3 is 3.12 bits per heavy atom. The fourth-order valence-corrected chi connectivity index (χ4v) is 1.98. The van der Waals surface area contributed by atoms with E-state index in [1.807, 2.05) is 0 Å². The number of anilines is 1. The number of hydrogen-bond acceptors (Lipinski definition) is 3. The summed E-state index contributed by atoms with van der Waals surface area (Å²) in [5.74, 6) is -0.589. The third-order valence-electron chi connectivity index (χ3n) is 2.83. The summed E-state index contributed by atoms with van der Waals surface area (Å²) in [7, 11) is 1.36. The van der Waals surface area contributed by atoms with Crippen molar-refractivity contribution in [2.45, 2.75) is 25.3 Å². The van der Waals surface area contributed by atoms with Crippen molar-refractivity contribution in [3.8, 4) is 0 Å². The number of esters is 1. The minimum atomic E-state index is -0.368. The van der Waals surface area contributed by atoms with Gasteiger partial charge in [-0.2, -0.15) is 0 Å². The van der Waals surface area contributed by atoms with Crippen molar-refractivity contribution >= 4 is 11.7 Å². The lowest BCUT2D eigenvalue weighted by Crippen LogP contribution is -2.29. The van der Waals surface area contributed by atoms with Crippen LogP contribution in [0.3, 0.4) is 0 Å². The zero-order valence-electron chi connectivity index (χ0n) is 9.13. The molecule has 0 amide bonds. The molecule has 4 heteroatoms. The average Bonchev–Trinajstić information content (AvgIpc) is 2.49. The van der Waals surface area contributed by atoms with E-state index in [9.17, 15) is 9.18 Å². The molecular formula is C12H14FNO2. The number of carbonyl (C=O) groups is 1. The molecule has 1 atom stereocenters. The minimum Gasteiger partial charge on any atom is -0.467 e. The number of halogens is 1. The molecule has 1 N–H and O–H groups in total. The number of fused-ring (bicyclic) bond motifs is 1. The molecular weight excluding hydrogens is 209 g/mol. The van der Waals surface area contributed by atoms with E-state index in [0.29, 0.717) is 12.1 Å². The van der Waals surface area contributed by atoms with Crippen LogP contribution in [0.15, 0.2) is 18.2 Å². The van der Waals surface area contributed by atoms with Crippen molar-refractivity contribution in [2.24, 2.45) is 0 Å². The van der Waals surface area contributed by atoms with Gasteiger partial charge in [0.1, 0.15) is 11.9 Å². The lowest BCUT2D eigenvalue weighted by atomic mass is 10.1. The summed E-state index contributed by atoms with van der Waals surface area (Å²) in [6.45, 7) is 0. The first kappa shape index (κ1) is 10.9. The standard InChI is InChI=1S/C12H14FNO2/c1-16-12(15)10-4-2-3-8-5-6-9(13)7-11(8)14-10/h5-7,10,14H,2-4H2,1H3. The minimum absolute atomic E-state index is 0.294. The topological polar surface area (TPSA) is 38.3 Å². The highest BCUT2D eigenvalue weighted by molar-refractivity contribution is 5.79. The van der Waals surface area contributed by atoms with Crippen molar-refractivity contribution in [3.63, 3.8) is 0 Å². The molecule has 0 saturated heterocycles. The zero-order valence-corrected chi connectivity index (χ0v) is 9.13. The molecule has 0 saturated carbocycles. The maximum atomic E-state index is 13.1. The molecule has 3 nitrogen and oxygen atoms in total. The first-order valence-corrected chi connectivity index (χ1v) is 5.33. The number of hydrogen-bond donors (Lipinski definition) is 1. The first-order valence-electron chi connectivity index (χ1n) is 5.33. The largest absolute Gasteiger partial charge is 0.467 e. The van der Waals surface area contributed by atoms with Crippen LogP contribution in [0.1, 0.15) is 18.4 Å². The lowest BCUT2D eigenvalue weighted by molar-refractivity contribution is -0.141. The molecule has 0 aliphatic carbocycles. The molecule has 0 bridgehead atoms. The molecule has 0 radical (unpaired) electrons. The van der Waals surface area contributed by atoms with Gasteiger partial charge >= 0.3 is 5.97 Å². The number of ether oxygens (including phenoxy) is 1. The molecule has 1 unspecified atom stereocenters. The van der Waals surface area contributed by atoms with Gasteiger partial charge in [0, 0.05) is 5.69 Å². The number of benzene rings is 1. The Kier molecular flexibility index (Phi) is 3.08. The van der Waals surface area contributed by atoms with Crippen LogP contribution in [-0.4, -0.2) is 19.1 Å². The molecule has 0 spiro atoms. The summed E-state index contributed by atoms with van der Waals surface area (Å²) in [6.07, 6.45) is 2.46. The van der Waals surface area contributed by atoms with Crippen molar-refractivity contribution in [3.05, 3.63) is 29.6 Å². The molecule has 86 valence electrons. The van der Waals surface area contributed by atoms with E-state index in [2.05, 4.69) is 5.32 Å². The van der Waals surface area contributed by atoms with Crippen LogP contribution in [0, 0.1) is 5.82 Å². The fraction of sp³-hybridized carbons (Fsp3) is 0.417. The van der Waals surface area contributed by atoms with Gasteiger partial charge in [-0.25, -0.2) is 9.18 Å². The third kappa shape index (κ3) is 2.15. The van der Waals surface area contributed by atoms with E-state index in [1.54, 1.807) is 6.07 Å². The van der Waals surface area contributed by atoms with Gasteiger partial charge in [0.2, 0.25) is 0 Å². The van der Waals surface area contributed by atoms with E-state index < -0.39 is 0 Å². The summed E-state index contributed by atoms with van der Waals surface area (Å²) in [4.78, 5) is 11.4. The van der Waals surface area contributed by atoms with Gasteiger partial charge < -0.3 is 10.1 Å². The lowest BCUT2D eigenvalue weighted by Gasteiger charge is -2.15. The molecule has 1 aromatic carbocycles. The molecule has 1 heterocycles. The first-order chi connectivity index (χ1) is 7.70. The highest BCUT2D eigenvalue weighted by atomic mass is 19.1. The van der Waals surface area contributed by atoms with Crippen LogP contribution in [0.2, 0.25) is 0 Å². The molecule has 0 aromatic heterocycles. The maximum Gasteiger partial charge on any atom is 0.328 e. The van der Waals surface area contributed by atoms with Gasteiger partial charge in [0.25, 0.3) is 0 Å². The Morgan fingerprint density at radius 2 is 2.38 bits per heavy atom. The quantitative estimate of drug-likeness (QED) is 0.741. The Morgan fingerprint density at radius 1 is 1.56 bits per heavy atom. The predicted octanol–water partition coefficient (Wildman–Crippen LogP) is 2.12. The highest BCUT2D eigenvalue weighted by Crippen LogP contribution is 2.25. The van der Waals surface area contributed by atoms with Crippen LogP contribution >= 0.6 is 0 Å². The van der Waals surface area contributed by atoms with Gasteiger partial charge in [0.05, 0.1) is 7.11 Å². The number of rotatable bonds is 1. The molecule has 0 fully saturated rings. The summed E-state index contributed by atoms with van der Waals surface area (Å²) in [5.41, 5.74) is 1.75. The Balaban J connectivity index is 2.25. The summed E-state index contributed by atoms with van der Waals surface area (Å²) < 4.78 is 17.8. The second-order valence-corrected chi connectivity index (χ2v) is 3.91. The van der Waals surface area contributed by atoms with Gasteiger partial charge in [-0.1, -0.05) is 6.07 Å². The van der Waals surface area contributed by atoms with Crippen LogP contribution in [-0.2, 0) is 16.0 Å². The van der Waals surface area contributed by atoms with E-state index in [1.165, 1.54) is 19.2 Å². The maximum absolute atomic E-state index is 13.1. The van der Waals surface area contributed by atoms with Crippen molar-refractivity contribution in [2.75, 3.05) is 12.4 Å². The Bertz CT molecular complexity index is 406. The third-order valence-corrected chi connectivity index (χ3v) is 2.83. The molecule has 1 aliphatic heterocycles. The van der Waals surface area contributed by atoms with Crippen LogP contribution in [0.25, 0.3) is 0 Å². The van der Waals surface area contributed by atoms with Crippen LogP contribution < -0.4 is 5.32 Å². The van der Waals surface area contributed by atoms with Crippen LogP contribution in [0.4, 0.5) is 10.1 Å². The predicted molar refractivity (Wildman–Crippen MR) is 58.8 cm³/mol. The fourth-order valence-electron chi connectivity index (χ4n) is 1.98. The monoisotopic (exact) mass is 223 g/mol. The highest BCUT2D eigenvalue weighted by Gasteiger charge is 2.22. The number of nitrogens with one attached hydrogen (secondary N) is 1. The number of methoxy groups -OCH3 is 1. The normalized spacial score (nSPS) is 19.2. The second-order valence-electron chi connectivity index (χ2n) is 3.91. The van der Waals surface area contributed by atoms with Crippen molar-refractivity contribution in [1.82, 2.24) is 0 Å². The summed E-state index contributed by atoms with van der Waals surface area (Å²) >= 11 is 0. The second kappa shape index (κ2) is 4.51.